The third kappa shape index (κ3) is 1.65. The standard InChI is InChI=1S/C19H18O3/c1-21-13-3-5-16-12(9-13)7-8-19(16)11-18(20)15-10-14(22-2)4-6-17(15)19/h3-6,9-10H,7-8,11H2,1-2H3/t19-/m0/s1. The van der Waals surface area contributed by atoms with Crippen LogP contribution in [0.15, 0.2) is 36.4 Å². The van der Waals surface area contributed by atoms with Gasteiger partial charge in [-0.15, -0.1) is 0 Å². The molecule has 112 valence electrons. The zero-order valence-corrected chi connectivity index (χ0v) is 12.8. The topological polar surface area (TPSA) is 35.5 Å². The number of hydrogen-bond donors (Lipinski definition) is 0. The van der Waals surface area contributed by atoms with E-state index in [0.29, 0.717) is 6.42 Å². The van der Waals surface area contributed by atoms with E-state index in [1.54, 1.807) is 14.2 Å². The van der Waals surface area contributed by atoms with Crippen LogP contribution in [-0.4, -0.2) is 20.0 Å². The molecule has 0 N–H and O–H groups in total. The number of hydrogen-bond acceptors (Lipinski definition) is 3. The number of rotatable bonds is 2. The van der Waals surface area contributed by atoms with Crippen molar-refractivity contribution >= 4 is 5.78 Å². The highest BCUT2D eigenvalue weighted by atomic mass is 16.5. The van der Waals surface area contributed by atoms with Crippen LogP contribution >= 0.6 is 0 Å². The lowest BCUT2D eigenvalue weighted by Gasteiger charge is -2.25. The Hall–Kier alpha value is -2.29. The summed E-state index contributed by atoms with van der Waals surface area (Å²) in [5, 5.41) is 0. The smallest absolute Gasteiger partial charge is 0.164 e. The van der Waals surface area contributed by atoms with E-state index in [0.717, 1.165) is 35.5 Å². The van der Waals surface area contributed by atoms with Crippen molar-refractivity contribution in [1.29, 1.82) is 0 Å². The van der Waals surface area contributed by atoms with Crippen molar-refractivity contribution in [2.24, 2.45) is 0 Å². The second kappa shape index (κ2) is 4.60. The van der Waals surface area contributed by atoms with Crippen molar-refractivity contribution in [3.63, 3.8) is 0 Å². The van der Waals surface area contributed by atoms with Crippen LogP contribution in [0.1, 0.15) is 39.9 Å². The molecular formula is C19H18O3. The third-order valence-electron chi connectivity index (χ3n) is 5.15. The van der Waals surface area contributed by atoms with Gasteiger partial charge in [0.05, 0.1) is 14.2 Å². The molecule has 0 amide bonds. The molecule has 0 saturated heterocycles. The van der Waals surface area contributed by atoms with E-state index >= 15 is 0 Å². The van der Waals surface area contributed by atoms with E-state index in [9.17, 15) is 4.79 Å². The van der Waals surface area contributed by atoms with Crippen LogP contribution in [0, 0.1) is 0 Å². The molecule has 2 aromatic rings. The molecule has 2 aliphatic carbocycles. The molecule has 3 nitrogen and oxygen atoms in total. The second-order valence-electron chi connectivity index (χ2n) is 6.12. The first kappa shape index (κ1) is 13.4. The van der Waals surface area contributed by atoms with Gasteiger partial charge >= 0.3 is 0 Å². The maximum Gasteiger partial charge on any atom is 0.164 e. The van der Waals surface area contributed by atoms with Gasteiger partial charge in [-0.1, -0.05) is 12.1 Å². The van der Waals surface area contributed by atoms with Gasteiger partial charge in [0.1, 0.15) is 11.5 Å². The minimum atomic E-state index is -0.152. The lowest BCUT2D eigenvalue weighted by molar-refractivity contribution is 0.0979. The van der Waals surface area contributed by atoms with E-state index in [2.05, 4.69) is 18.2 Å². The second-order valence-corrected chi connectivity index (χ2v) is 6.12. The van der Waals surface area contributed by atoms with Crippen LogP contribution in [0.4, 0.5) is 0 Å². The van der Waals surface area contributed by atoms with Crippen molar-refractivity contribution in [1.82, 2.24) is 0 Å². The van der Waals surface area contributed by atoms with Crippen molar-refractivity contribution < 1.29 is 14.3 Å². The fraction of sp³-hybridized carbons (Fsp3) is 0.316. The van der Waals surface area contributed by atoms with Gasteiger partial charge in [-0.05, 0) is 53.8 Å². The number of ketones is 1. The predicted molar refractivity (Wildman–Crippen MR) is 84.0 cm³/mol. The Morgan fingerprint density at radius 2 is 1.64 bits per heavy atom. The lowest BCUT2D eigenvalue weighted by Crippen LogP contribution is -2.21. The third-order valence-corrected chi connectivity index (χ3v) is 5.15. The Labute approximate surface area is 129 Å². The Balaban J connectivity index is 1.89. The molecule has 0 radical (unpaired) electrons. The molecule has 0 saturated carbocycles. The average Bonchev–Trinajstić information content (AvgIpc) is 3.06. The van der Waals surface area contributed by atoms with Crippen molar-refractivity contribution in [2.75, 3.05) is 14.2 Å². The maximum absolute atomic E-state index is 12.5. The number of benzene rings is 2. The largest absolute Gasteiger partial charge is 0.497 e. The Kier molecular flexibility index (Phi) is 2.80. The highest BCUT2D eigenvalue weighted by Gasteiger charge is 2.48. The SMILES string of the molecule is COc1ccc2c(c1)CC[C@]21CC(=O)c2cc(OC)ccc21. The van der Waals surface area contributed by atoms with Gasteiger partial charge in [-0.25, -0.2) is 0 Å². The fourth-order valence-corrected chi connectivity index (χ4v) is 4.08. The van der Waals surface area contributed by atoms with Gasteiger partial charge in [0.25, 0.3) is 0 Å². The summed E-state index contributed by atoms with van der Waals surface area (Å²) in [5.41, 5.74) is 4.41. The first-order chi connectivity index (χ1) is 10.7. The summed E-state index contributed by atoms with van der Waals surface area (Å²) in [6, 6.07) is 12.1. The molecule has 0 aromatic heterocycles. The zero-order chi connectivity index (χ0) is 15.3. The van der Waals surface area contributed by atoms with Crippen molar-refractivity contribution in [2.45, 2.75) is 24.7 Å². The molecule has 2 aromatic carbocycles. The Morgan fingerprint density at radius 3 is 2.36 bits per heavy atom. The fourth-order valence-electron chi connectivity index (χ4n) is 4.08. The Bertz CT molecular complexity index is 778. The van der Waals surface area contributed by atoms with Crippen molar-refractivity contribution in [3.05, 3.63) is 58.7 Å². The first-order valence-electron chi connectivity index (χ1n) is 7.57. The van der Waals surface area contributed by atoms with E-state index in [1.165, 1.54) is 11.1 Å². The molecule has 22 heavy (non-hydrogen) atoms. The molecule has 3 heteroatoms. The summed E-state index contributed by atoms with van der Waals surface area (Å²) in [6.07, 6.45) is 2.54. The number of carbonyl (C=O) groups is 1. The number of Topliss-reactive ketones (excluding diaryl/α,β-unsaturated/α-hetero) is 1. The average molecular weight is 294 g/mol. The van der Waals surface area contributed by atoms with Crippen LogP contribution in [0.25, 0.3) is 0 Å². The molecule has 1 atom stereocenters. The van der Waals surface area contributed by atoms with Gasteiger partial charge in [0, 0.05) is 17.4 Å². The molecule has 0 fully saturated rings. The molecule has 2 aliphatic rings. The summed E-state index contributed by atoms with van der Waals surface area (Å²) < 4.78 is 10.6. The summed E-state index contributed by atoms with van der Waals surface area (Å²) in [4.78, 5) is 12.5. The van der Waals surface area contributed by atoms with Gasteiger partial charge < -0.3 is 9.47 Å². The van der Waals surface area contributed by atoms with Crippen LogP contribution in [0.3, 0.4) is 0 Å². The molecule has 0 aliphatic heterocycles. The minimum absolute atomic E-state index is 0.152. The van der Waals surface area contributed by atoms with Gasteiger partial charge in [-0.3, -0.25) is 4.79 Å². The normalized spacial score (nSPS) is 21.8. The van der Waals surface area contributed by atoms with Crippen LogP contribution < -0.4 is 9.47 Å². The quantitative estimate of drug-likeness (QED) is 0.850. The lowest BCUT2D eigenvalue weighted by atomic mass is 9.76. The summed E-state index contributed by atoms with van der Waals surface area (Å²) in [6.45, 7) is 0. The van der Waals surface area contributed by atoms with Gasteiger partial charge in [0.2, 0.25) is 0 Å². The molecule has 0 heterocycles. The van der Waals surface area contributed by atoms with Crippen LogP contribution in [0.5, 0.6) is 11.5 Å². The van der Waals surface area contributed by atoms with E-state index < -0.39 is 0 Å². The Morgan fingerprint density at radius 1 is 0.955 bits per heavy atom. The molecular weight excluding hydrogens is 276 g/mol. The van der Waals surface area contributed by atoms with Crippen molar-refractivity contribution in [3.8, 4) is 11.5 Å². The first-order valence-corrected chi connectivity index (χ1v) is 7.57. The maximum atomic E-state index is 12.5. The molecule has 1 spiro atoms. The molecule has 0 bridgehead atoms. The minimum Gasteiger partial charge on any atom is -0.497 e. The number of methoxy groups -OCH3 is 2. The number of ether oxygens (including phenoxy) is 2. The highest BCUT2D eigenvalue weighted by molar-refractivity contribution is 6.03. The summed E-state index contributed by atoms with van der Waals surface area (Å²) >= 11 is 0. The number of aryl methyl sites for hydroxylation is 1. The van der Waals surface area contributed by atoms with E-state index in [4.69, 9.17) is 9.47 Å². The zero-order valence-electron chi connectivity index (χ0n) is 12.8. The summed E-state index contributed by atoms with van der Waals surface area (Å²) in [5.74, 6) is 1.85. The molecule has 4 rings (SSSR count). The van der Waals surface area contributed by atoms with Crippen LogP contribution in [-0.2, 0) is 11.8 Å². The van der Waals surface area contributed by atoms with E-state index in [-0.39, 0.29) is 11.2 Å². The molecule has 0 unspecified atom stereocenters. The highest BCUT2D eigenvalue weighted by Crippen LogP contribution is 2.53. The predicted octanol–water partition coefficient (Wildman–Crippen LogP) is 3.52. The number of carbonyl (C=O) groups excluding carboxylic acids is 1. The number of fused-ring (bicyclic) bond motifs is 4. The van der Waals surface area contributed by atoms with Gasteiger partial charge in [0.15, 0.2) is 5.78 Å². The van der Waals surface area contributed by atoms with Gasteiger partial charge in [-0.2, -0.15) is 0 Å². The monoisotopic (exact) mass is 294 g/mol. The van der Waals surface area contributed by atoms with E-state index in [1.807, 2.05) is 18.2 Å². The van der Waals surface area contributed by atoms with Crippen LogP contribution in [0.2, 0.25) is 0 Å². The summed E-state index contributed by atoms with van der Waals surface area (Å²) in [7, 11) is 3.32.